The number of phenolic OH excluding ortho intramolecular Hbond substituents is 1. The zero-order chi connectivity index (χ0) is 33.1. The van der Waals surface area contributed by atoms with Gasteiger partial charge in [-0.1, -0.05) is 74.0 Å². The molecule has 0 spiro atoms. The fourth-order valence-corrected chi connectivity index (χ4v) is 7.12. The number of thiophene rings is 1. The van der Waals surface area contributed by atoms with Crippen LogP contribution in [0.2, 0.25) is 5.02 Å². The molecule has 0 saturated heterocycles. The number of ether oxygens (including phenoxy) is 1. The second kappa shape index (κ2) is 13.6. The van der Waals surface area contributed by atoms with Crippen LogP contribution in [0.4, 0.5) is 11.4 Å². The van der Waals surface area contributed by atoms with Crippen LogP contribution in [0.5, 0.6) is 11.5 Å². The van der Waals surface area contributed by atoms with Crippen molar-refractivity contribution in [1.82, 2.24) is 5.32 Å². The SMILES string of the molecule is CC1(C)CC(=O)C2=C(C1)Nc1c(O)cccc1N(C(=O)CCC(=O)NCc1cccs1)C2c1ccc(OCc2ccccc2)cc1Cl. The highest BCUT2D eigenvalue weighted by Gasteiger charge is 2.44. The maximum absolute atomic E-state index is 14.3. The van der Waals surface area contributed by atoms with Gasteiger partial charge in [0.15, 0.2) is 5.78 Å². The number of anilines is 2. The highest BCUT2D eigenvalue weighted by atomic mass is 35.5. The minimum absolute atomic E-state index is 0.0537. The number of rotatable bonds is 9. The molecule has 8 nitrogen and oxygen atoms in total. The number of hydrogen-bond donors (Lipinski definition) is 3. The van der Waals surface area contributed by atoms with E-state index in [1.54, 1.807) is 41.7 Å². The Morgan fingerprint density at radius 1 is 1.04 bits per heavy atom. The minimum atomic E-state index is -0.915. The van der Waals surface area contributed by atoms with Gasteiger partial charge in [-0.05, 0) is 58.7 Å². The molecule has 0 saturated carbocycles. The lowest BCUT2D eigenvalue weighted by Crippen LogP contribution is -2.40. The van der Waals surface area contributed by atoms with Crippen LogP contribution >= 0.6 is 22.9 Å². The van der Waals surface area contributed by atoms with E-state index >= 15 is 0 Å². The summed E-state index contributed by atoms with van der Waals surface area (Å²) >= 11 is 8.54. The summed E-state index contributed by atoms with van der Waals surface area (Å²) in [7, 11) is 0. The molecule has 1 unspecified atom stereocenters. The molecule has 242 valence electrons. The summed E-state index contributed by atoms with van der Waals surface area (Å²) in [5.41, 5.74) is 2.94. The summed E-state index contributed by atoms with van der Waals surface area (Å²) in [4.78, 5) is 43.7. The third-order valence-electron chi connectivity index (χ3n) is 8.40. The zero-order valence-electron chi connectivity index (χ0n) is 26.2. The van der Waals surface area contributed by atoms with Crippen LogP contribution in [0.15, 0.2) is 95.5 Å². The molecule has 47 heavy (non-hydrogen) atoms. The van der Waals surface area contributed by atoms with E-state index in [1.165, 1.54) is 11.0 Å². The fourth-order valence-electron chi connectivity index (χ4n) is 6.20. The number of benzene rings is 3. The van der Waals surface area contributed by atoms with Gasteiger partial charge in [0, 0.05) is 40.4 Å². The summed E-state index contributed by atoms with van der Waals surface area (Å²) < 4.78 is 6.02. The van der Waals surface area contributed by atoms with E-state index in [4.69, 9.17) is 16.3 Å². The number of carbonyl (C=O) groups is 3. The van der Waals surface area contributed by atoms with Crippen molar-refractivity contribution < 1.29 is 24.2 Å². The summed E-state index contributed by atoms with van der Waals surface area (Å²) in [5, 5.41) is 19.5. The van der Waals surface area contributed by atoms with Gasteiger partial charge >= 0.3 is 0 Å². The standard InChI is InChI=1S/C37H36ClN3O5S/c1-37(2)19-28-34(31(43)20-37)36(26-14-13-24(18-27(26)38)46-22-23-8-4-3-5-9-23)41(29-11-6-12-30(42)35(29)40-28)33(45)16-15-32(44)39-21-25-10-7-17-47-25/h3-14,17-18,36,40,42H,15-16,19-22H2,1-2H3,(H,39,44). The van der Waals surface area contributed by atoms with Gasteiger partial charge in [0.2, 0.25) is 11.8 Å². The van der Waals surface area contributed by atoms with Crippen molar-refractivity contribution >= 4 is 51.9 Å². The molecule has 1 aliphatic carbocycles. The lowest BCUT2D eigenvalue weighted by molar-refractivity contribution is -0.125. The molecule has 1 aromatic heterocycles. The summed E-state index contributed by atoms with van der Waals surface area (Å²) in [6.07, 6.45) is 0.610. The molecule has 1 aliphatic heterocycles. The number of para-hydroxylation sites is 1. The molecule has 2 heterocycles. The van der Waals surface area contributed by atoms with Gasteiger partial charge in [-0.3, -0.25) is 19.3 Å². The fraction of sp³-hybridized carbons (Fsp3) is 0.270. The smallest absolute Gasteiger partial charge is 0.228 e. The predicted molar refractivity (Wildman–Crippen MR) is 185 cm³/mol. The van der Waals surface area contributed by atoms with Crippen molar-refractivity contribution in [1.29, 1.82) is 0 Å². The summed E-state index contributed by atoms with van der Waals surface area (Å²) in [5.74, 6) is -0.290. The number of allylic oxidation sites excluding steroid dienone is 1. The molecule has 4 aromatic rings. The molecular weight excluding hydrogens is 634 g/mol. The number of ketones is 1. The third-order valence-corrected chi connectivity index (χ3v) is 9.60. The Balaban J connectivity index is 1.38. The highest BCUT2D eigenvalue weighted by Crippen LogP contribution is 2.51. The number of halogens is 1. The van der Waals surface area contributed by atoms with Crippen molar-refractivity contribution in [3.05, 3.63) is 117 Å². The first-order valence-electron chi connectivity index (χ1n) is 15.5. The maximum Gasteiger partial charge on any atom is 0.228 e. The molecular formula is C37H36ClN3O5S. The number of amides is 2. The number of aromatic hydroxyl groups is 1. The van der Waals surface area contributed by atoms with Crippen LogP contribution in [0.3, 0.4) is 0 Å². The Hall–Kier alpha value is -4.60. The molecule has 0 radical (unpaired) electrons. The molecule has 1 atom stereocenters. The average Bonchev–Trinajstić information content (AvgIpc) is 3.51. The molecule has 2 aliphatic rings. The van der Waals surface area contributed by atoms with E-state index in [2.05, 4.69) is 10.6 Å². The first kappa shape index (κ1) is 32.3. The molecule has 2 amide bonds. The molecule has 10 heteroatoms. The number of nitrogens with zero attached hydrogens (tertiary/aromatic N) is 1. The van der Waals surface area contributed by atoms with Crippen molar-refractivity contribution in [2.24, 2.45) is 5.41 Å². The van der Waals surface area contributed by atoms with E-state index in [-0.39, 0.29) is 48.0 Å². The first-order chi connectivity index (χ1) is 22.6. The number of phenols is 1. The molecule has 0 fully saturated rings. The third kappa shape index (κ3) is 7.21. The number of fused-ring (bicyclic) bond motifs is 1. The van der Waals surface area contributed by atoms with Gasteiger partial charge in [-0.15, -0.1) is 11.3 Å². The van der Waals surface area contributed by atoms with Crippen molar-refractivity contribution in [2.45, 2.75) is 58.7 Å². The Morgan fingerprint density at radius 2 is 1.85 bits per heavy atom. The van der Waals surface area contributed by atoms with Crippen LogP contribution in [-0.2, 0) is 27.5 Å². The zero-order valence-corrected chi connectivity index (χ0v) is 27.8. The Morgan fingerprint density at radius 3 is 2.60 bits per heavy atom. The Labute approximate surface area is 283 Å². The molecule has 3 aromatic carbocycles. The van der Waals surface area contributed by atoms with Crippen LogP contribution in [-0.4, -0.2) is 22.7 Å². The van der Waals surface area contributed by atoms with E-state index in [0.29, 0.717) is 58.6 Å². The van der Waals surface area contributed by atoms with Gasteiger partial charge < -0.3 is 20.5 Å². The summed E-state index contributed by atoms with van der Waals surface area (Å²) in [6.45, 7) is 4.77. The van der Waals surface area contributed by atoms with Gasteiger partial charge in [0.1, 0.15) is 23.8 Å². The monoisotopic (exact) mass is 669 g/mol. The lowest BCUT2D eigenvalue weighted by Gasteiger charge is -2.37. The number of Topliss-reactive ketones (excluding diaryl/α,β-unsaturated/α-hetero) is 1. The summed E-state index contributed by atoms with van der Waals surface area (Å²) in [6, 6.07) is 22.9. The second-order valence-corrected chi connectivity index (χ2v) is 14.0. The van der Waals surface area contributed by atoms with Gasteiger partial charge in [-0.2, -0.15) is 0 Å². The number of nitrogens with one attached hydrogen (secondary N) is 2. The Bertz CT molecular complexity index is 1840. The molecule has 0 bridgehead atoms. The van der Waals surface area contributed by atoms with E-state index in [0.717, 1.165) is 10.4 Å². The minimum Gasteiger partial charge on any atom is -0.506 e. The second-order valence-electron chi connectivity index (χ2n) is 12.6. The van der Waals surface area contributed by atoms with E-state index < -0.39 is 6.04 Å². The van der Waals surface area contributed by atoms with Crippen molar-refractivity contribution in [3.8, 4) is 11.5 Å². The molecule has 3 N–H and O–H groups in total. The van der Waals surface area contributed by atoms with Crippen LogP contribution < -0.4 is 20.3 Å². The van der Waals surface area contributed by atoms with E-state index in [9.17, 15) is 19.5 Å². The maximum atomic E-state index is 14.3. The van der Waals surface area contributed by atoms with Crippen molar-refractivity contribution in [3.63, 3.8) is 0 Å². The van der Waals surface area contributed by atoms with Crippen LogP contribution in [0.1, 0.15) is 61.6 Å². The van der Waals surface area contributed by atoms with E-state index in [1.807, 2.05) is 61.7 Å². The quantitative estimate of drug-likeness (QED) is 0.156. The first-order valence-corrected chi connectivity index (χ1v) is 16.8. The van der Waals surface area contributed by atoms with Crippen LogP contribution in [0.25, 0.3) is 0 Å². The highest BCUT2D eigenvalue weighted by molar-refractivity contribution is 7.09. The van der Waals surface area contributed by atoms with Crippen molar-refractivity contribution in [2.75, 3.05) is 10.2 Å². The largest absolute Gasteiger partial charge is 0.506 e. The number of carbonyl (C=O) groups excluding carboxylic acids is 3. The predicted octanol–water partition coefficient (Wildman–Crippen LogP) is 7.93. The molecule has 6 rings (SSSR count). The van der Waals surface area contributed by atoms with Gasteiger partial charge in [0.05, 0.1) is 18.3 Å². The average molecular weight is 670 g/mol. The van der Waals surface area contributed by atoms with Gasteiger partial charge in [-0.25, -0.2) is 0 Å². The lowest BCUT2D eigenvalue weighted by atomic mass is 9.73. The number of hydrogen-bond acceptors (Lipinski definition) is 7. The topological polar surface area (TPSA) is 108 Å². The van der Waals surface area contributed by atoms with Crippen LogP contribution in [0, 0.1) is 5.41 Å². The normalized spacial score (nSPS) is 16.9. The Kier molecular flexibility index (Phi) is 9.38. The van der Waals surface area contributed by atoms with Gasteiger partial charge in [0.25, 0.3) is 0 Å².